The topological polar surface area (TPSA) is 76.3 Å². The van der Waals surface area contributed by atoms with E-state index in [1.54, 1.807) is 36.9 Å². The Bertz CT molecular complexity index is 1050. The molecule has 1 heterocycles. The van der Waals surface area contributed by atoms with E-state index in [1.807, 2.05) is 44.2 Å². The molecular formula is C21H23N3O3. The largest absolute Gasteiger partial charge is 0.507 e. The third-order valence-electron chi connectivity index (χ3n) is 4.73. The number of carbonyl (C=O) groups excluding carboxylic acids is 1. The second-order valence-corrected chi connectivity index (χ2v) is 6.82. The highest BCUT2D eigenvalue weighted by atomic mass is 16.3. The Morgan fingerprint density at radius 3 is 2.37 bits per heavy atom. The Balaban J connectivity index is 1.97. The molecule has 1 amide bonds. The van der Waals surface area contributed by atoms with Crippen LogP contribution in [0.25, 0.3) is 5.69 Å². The van der Waals surface area contributed by atoms with Crippen LogP contribution in [0, 0.1) is 6.92 Å². The van der Waals surface area contributed by atoms with Crippen LogP contribution < -0.4 is 10.9 Å². The second kappa shape index (κ2) is 7.15. The van der Waals surface area contributed by atoms with Gasteiger partial charge in [0.15, 0.2) is 0 Å². The summed E-state index contributed by atoms with van der Waals surface area (Å²) in [4.78, 5) is 25.5. The van der Waals surface area contributed by atoms with Gasteiger partial charge in [0.05, 0.1) is 16.9 Å². The average molecular weight is 365 g/mol. The van der Waals surface area contributed by atoms with Crippen LogP contribution in [-0.2, 0) is 7.05 Å². The summed E-state index contributed by atoms with van der Waals surface area (Å²) >= 11 is 0. The zero-order chi connectivity index (χ0) is 19.7. The van der Waals surface area contributed by atoms with E-state index in [4.69, 9.17) is 0 Å². The van der Waals surface area contributed by atoms with Gasteiger partial charge in [-0.25, -0.2) is 4.68 Å². The summed E-state index contributed by atoms with van der Waals surface area (Å²) in [6.45, 7) is 5.78. The van der Waals surface area contributed by atoms with Crippen molar-refractivity contribution in [2.24, 2.45) is 7.05 Å². The van der Waals surface area contributed by atoms with Gasteiger partial charge < -0.3 is 10.4 Å². The summed E-state index contributed by atoms with van der Waals surface area (Å²) < 4.78 is 3.18. The molecular weight excluding hydrogens is 342 g/mol. The van der Waals surface area contributed by atoms with Crippen molar-refractivity contribution in [2.75, 3.05) is 5.32 Å². The number of anilines is 1. The summed E-state index contributed by atoms with van der Waals surface area (Å²) in [6, 6.07) is 14.2. The Hall–Kier alpha value is -3.28. The molecule has 0 aliphatic rings. The molecule has 6 heteroatoms. The molecule has 6 nitrogen and oxygen atoms in total. The van der Waals surface area contributed by atoms with Gasteiger partial charge in [0, 0.05) is 7.05 Å². The van der Waals surface area contributed by atoms with Gasteiger partial charge in [-0.15, -0.1) is 0 Å². The van der Waals surface area contributed by atoms with Crippen LogP contribution in [0.5, 0.6) is 5.75 Å². The predicted octanol–water partition coefficient (Wildman–Crippen LogP) is 3.57. The minimum Gasteiger partial charge on any atom is -0.507 e. The molecule has 27 heavy (non-hydrogen) atoms. The van der Waals surface area contributed by atoms with E-state index in [1.165, 1.54) is 4.68 Å². The van der Waals surface area contributed by atoms with Crippen LogP contribution in [0.15, 0.2) is 53.3 Å². The molecule has 0 radical (unpaired) electrons. The Kier molecular flexibility index (Phi) is 4.90. The smallest absolute Gasteiger partial charge is 0.295 e. The summed E-state index contributed by atoms with van der Waals surface area (Å²) in [5, 5.41) is 12.9. The predicted molar refractivity (Wildman–Crippen MR) is 106 cm³/mol. The van der Waals surface area contributed by atoms with Gasteiger partial charge in [0.2, 0.25) is 0 Å². The van der Waals surface area contributed by atoms with Crippen molar-refractivity contribution in [3.8, 4) is 11.4 Å². The number of para-hydroxylation sites is 1. The molecule has 0 atom stereocenters. The van der Waals surface area contributed by atoms with Gasteiger partial charge >= 0.3 is 0 Å². The van der Waals surface area contributed by atoms with Gasteiger partial charge in [0.25, 0.3) is 11.5 Å². The van der Waals surface area contributed by atoms with Crippen LogP contribution in [0.3, 0.4) is 0 Å². The maximum Gasteiger partial charge on any atom is 0.295 e. The van der Waals surface area contributed by atoms with E-state index in [9.17, 15) is 14.7 Å². The molecule has 3 rings (SSSR count). The summed E-state index contributed by atoms with van der Waals surface area (Å²) in [6.07, 6.45) is 0. The van der Waals surface area contributed by atoms with Crippen LogP contribution >= 0.6 is 0 Å². The highest BCUT2D eigenvalue weighted by Gasteiger charge is 2.20. The number of nitrogens with zero attached hydrogens (tertiary/aromatic N) is 2. The first kappa shape index (κ1) is 18.5. The van der Waals surface area contributed by atoms with Crippen molar-refractivity contribution in [3.05, 3.63) is 75.7 Å². The summed E-state index contributed by atoms with van der Waals surface area (Å²) in [7, 11) is 1.76. The molecule has 0 bridgehead atoms. The number of carbonyl (C=O) groups is 1. The zero-order valence-corrected chi connectivity index (χ0v) is 15.9. The van der Waals surface area contributed by atoms with E-state index in [-0.39, 0.29) is 28.5 Å². The van der Waals surface area contributed by atoms with Crippen molar-refractivity contribution in [2.45, 2.75) is 26.7 Å². The van der Waals surface area contributed by atoms with Crippen molar-refractivity contribution in [1.82, 2.24) is 9.36 Å². The minimum atomic E-state index is -0.520. The fourth-order valence-electron chi connectivity index (χ4n) is 2.99. The minimum absolute atomic E-state index is 0.101. The SMILES string of the molecule is Cc1c(NC(=O)c2ccc(C(C)C)cc2O)c(=O)n(-c2ccccc2)n1C. The molecule has 2 aromatic carbocycles. The van der Waals surface area contributed by atoms with Gasteiger partial charge in [-0.3, -0.25) is 14.3 Å². The van der Waals surface area contributed by atoms with E-state index in [2.05, 4.69) is 5.32 Å². The van der Waals surface area contributed by atoms with Crippen molar-refractivity contribution in [1.29, 1.82) is 0 Å². The maximum atomic E-state index is 12.9. The third kappa shape index (κ3) is 3.38. The van der Waals surface area contributed by atoms with Crippen LogP contribution in [-0.4, -0.2) is 20.4 Å². The lowest BCUT2D eigenvalue weighted by molar-refractivity contribution is 0.102. The van der Waals surface area contributed by atoms with E-state index in [0.717, 1.165) is 5.56 Å². The molecule has 0 saturated carbocycles. The molecule has 0 spiro atoms. The summed E-state index contributed by atoms with van der Waals surface area (Å²) in [5.74, 6) is -0.382. The standard InChI is InChI=1S/C21H23N3O3/c1-13(2)15-10-11-17(18(25)12-15)20(26)22-19-14(3)23(4)24(21(19)27)16-8-6-5-7-9-16/h5-13,25H,1-4H3,(H,22,26). The number of rotatable bonds is 4. The molecule has 3 aromatic rings. The fraction of sp³-hybridized carbons (Fsp3) is 0.238. The monoisotopic (exact) mass is 365 g/mol. The maximum absolute atomic E-state index is 12.9. The first-order valence-electron chi connectivity index (χ1n) is 8.79. The van der Waals surface area contributed by atoms with E-state index >= 15 is 0 Å². The Morgan fingerprint density at radius 2 is 1.78 bits per heavy atom. The number of hydrogen-bond donors (Lipinski definition) is 2. The normalized spacial score (nSPS) is 11.0. The lowest BCUT2D eigenvalue weighted by Gasteiger charge is -2.10. The number of amides is 1. The van der Waals surface area contributed by atoms with Crippen LogP contribution in [0.4, 0.5) is 5.69 Å². The Labute approximate surface area is 157 Å². The molecule has 0 aliphatic heterocycles. The molecule has 2 N–H and O–H groups in total. The van der Waals surface area contributed by atoms with E-state index in [0.29, 0.717) is 11.4 Å². The number of phenolic OH excluding ortho intramolecular Hbond substituents is 1. The van der Waals surface area contributed by atoms with Gasteiger partial charge in [0.1, 0.15) is 11.4 Å². The lowest BCUT2D eigenvalue weighted by atomic mass is 10.0. The third-order valence-corrected chi connectivity index (χ3v) is 4.73. The molecule has 1 aromatic heterocycles. The number of aromatic hydroxyl groups is 1. The zero-order valence-electron chi connectivity index (χ0n) is 15.9. The quantitative estimate of drug-likeness (QED) is 0.742. The van der Waals surface area contributed by atoms with Gasteiger partial charge in [-0.05, 0) is 42.7 Å². The Morgan fingerprint density at radius 1 is 1.11 bits per heavy atom. The fourth-order valence-corrected chi connectivity index (χ4v) is 2.99. The molecule has 140 valence electrons. The van der Waals surface area contributed by atoms with Crippen molar-refractivity contribution < 1.29 is 9.90 Å². The highest BCUT2D eigenvalue weighted by Crippen LogP contribution is 2.25. The van der Waals surface area contributed by atoms with Crippen molar-refractivity contribution in [3.63, 3.8) is 0 Å². The number of nitrogens with one attached hydrogen (secondary N) is 1. The molecule has 0 aliphatic carbocycles. The van der Waals surface area contributed by atoms with Gasteiger partial charge in [-0.2, -0.15) is 0 Å². The lowest BCUT2D eigenvalue weighted by Crippen LogP contribution is -2.23. The average Bonchev–Trinajstić information content (AvgIpc) is 2.85. The summed E-state index contributed by atoms with van der Waals surface area (Å²) in [5.41, 5.74) is 2.26. The molecule has 0 saturated heterocycles. The first-order chi connectivity index (χ1) is 12.8. The first-order valence-corrected chi connectivity index (χ1v) is 8.79. The number of phenols is 1. The van der Waals surface area contributed by atoms with Gasteiger partial charge in [-0.1, -0.05) is 38.1 Å². The molecule has 0 fully saturated rings. The van der Waals surface area contributed by atoms with Crippen LogP contribution in [0.1, 0.15) is 41.4 Å². The van der Waals surface area contributed by atoms with E-state index < -0.39 is 5.91 Å². The molecule has 0 unspecified atom stereocenters. The number of aromatic nitrogens is 2. The van der Waals surface area contributed by atoms with Crippen molar-refractivity contribution >= 4 is 11.6 Å². The second-order valence-electron chi connectivity index (χ2n) is 6.82. The van der Waals surface area contributed by atoms with Crippen LogP contribution in [0.2, 0.25) is 0 Å². The number of benzene rings is 2. The number of hydrogen-bond acceptors (Lipinski definition) is 3. The highest BCUT2D eigenvalue weighted by molar-refractivity contribution is 6.06.